The van der Waals surface area contributed by atoms with E-state index in [-0.39, 0.29) is 6.23 Å². The predicted molar refractivity (Wildman–Crippen MR) is 47.4 cm³/mol. The third-order valence-electron chi connectivity index (χ3n) is 1.84. The molecule has 1 N–H and O–H groups in total. The first-order chi connectivity index (χ1) is 6.22. The molecule has 0 aromatic heterocycles. The second-order valence-corrected chi connectivity index (χ2v) is 3.01. The van der Waals surface area contributed by atoms with Crippen molar-refractivity contribution >= 4 is 6.16 Å². The fourth-order valence-corrected chi connectivity index (χ4v) is 1.20. The lowest BCUT2D eigenvalue weighted by Gasteiger charge is -2.29. The van der Waals surface area contributed by atoms with Gasteiger partial charge in [-0.3, -0.25) is 5.32 Å². The third-order valence-corrected chi connectivity index (χ3v) is 1.84. The van der Waals surface area contributed by atoms with Crippen molar-refractivity contribution in [1.29, 1.82) is 0 Å². The highest BCUT2D eigenvalue weighted by molar-refractivity contribution is 5.60. The molecule has 1 fully saturated rings. The van der Waals surface area contributed by atoms with Crippen LogP contribution >= 0.6 is 0 Å². The Morgan fingerprint density at radius 1 is 1.69 bits per heavy atom. The summed E-state index contributed by atoms with van der Waals surface area (Å²) in [7, 11) is 1.99. The third kappa shape index (κ3) is 3.61. The van der Waals surface area contributed by atoms with Gasteiger partial charge in [0.1, 0.15) is 0 Å². The zero-order chi connectivity index (χ0) is 9.68. The van der Waals surface area contributed by atoms with E-state index in [0.717, 1.165) is 13.1 Å². The van der Waals surface area contributed by atoms with Gasteiger partial charge in [-0.05, 0) is 14.0 Å². The molecule has 1 unspecified atom stereocenters. The molecule has 76 valence electrons. The van der Waals surface area contributed by atoms with Crippen LogP contribution in [-0.2, 0) is 9.47 Å². The lowest BCUT2D eigenvalue weighted by molar-refractivity contribution is -0.00836. The molecule has 0 aliphatic carbocycles. The van der Waals surface area contributed by atoms with Gasteiger partial charge in [-0.2, -0.15) is 0 Å². The molecule has 1 aliphatic rings. The standard InChI is InChI=1S/C8H16N2O3/c1-3-12-8(11)13-7-6-10(2)5-4-9-7/h7,9H,3-6H2,1-2H3. The maximum Gasteiger partial charge on any atom is 0.509 e. The highest BCUT2D eigenvalue weighted by atomic mass is 16.7. The molecule has 1 rings (SSSR count). The summed E-state index contributed by atoms with van der Waals surface area (Å²) >= 11 is 0. The second kappa shape index (κ2) is 5.04. The summed E-state index contributed by atoms with van der Waals surface area (Å²) in [6.07, 6.45) is -0.840. The summed E-state index contributed by atoms with van der Waals surface area (Å²) in [5, 5.41) is 3.07. The predicted octanol–water partition coefficient (Wildman–Crippen LogP) is 0.0206. The van der Waals surface area contributed by atoms with Crippen molar-refractivity contribution in [1.82, 2.24) is 10.2 Å². The first-order valence-electron chi connectivity index (χ1n) is 4.47. The topological polar surface area (TPSA) is 50.8 Å². The van der Waals surface area contributed by atoms with Crippen molar-refractivity contribution in [2.45, 2.75) is 13.2 Å². The molecule has 0 aromatic rings. The van der Waals surface area contributed by atoms with Crippen molar-refractivity contribution in [3.05, 3.63) is 0 Å². The Labute approximate surface area is 78.0 Å². The van der Waals surface area contributed by atoms with Gasteiger partial charge in [0, 0.05) is 19.6 Å². The van der Waals surface area contributed by atoms with E-state index in [1.807, 2.05) is 7.05 Å². The first-order valence-corrected chi connectivity index (χ1v) is 4.47. The van der Waals surface area contributed by atoms with Crippen LogP contribution in [0.3, 0.4) is 0 Å². The number of piperazine rings is 1. The number of nitrogens with one attached hydrogen (secondary N) is 1. The maximum atomic E-state index is 10.9. The number of carbonyl (C=O) groups is 1. The lowest BCUT2D eigenvalue weighted by atomic mass is 10.4. The number of carbonyl (C=O) groups excluding carboxylic acids is 1. The molecule has 5 nitrogen and oxygen atoms in total. The van der Waals surface area contributed by atoms with Gasteiger partial charge >= 0.3 is 6.16 Å². The highest BCUT2D eigenvalue weighted by Crippen LogP contribution is 1.99. The zero-order valence-electron chi connectivity index (χ0n) is 8.08. The monoisotopic (exact) mass is 188 g/mol. The van der Waals surface area contributed by atoms with Crippen molar-refractivity contribution in [3.63, 3.8) is 0 Å². The van der Waals surface area contributed by atoms with Gasteiger partial charge in [-0.1, -0.05) is 0 Å². The van der Waals surface area contributed by atoms with Crippen molar-refractivity contribution in [2.75, 3.05) is 33.3 Å². The van der Waals surface area contributed by atoms with E-state index < -0.39 is 6.16 Å². The van der Waals surface area contributed by atoms with Gasteiger partial charge < -0.3 is 14.4 Å². The summed E-state index contributed by atoms with van der Waals surface area (Å²) in [5.41, 5.74) is 0. The van der Waals surface area contributed by atoms with Gasteiger partial charge in [-0.25, -0.2) is 4.79 Å². The quantitative estimate of drug-likeness (QED) is 0.619. The first kappa shape index (κ1) is 10.3. The molecule has 5 heteroatoms. The smallest absolute Gasteiger partial charge is 0.435 e. The van der Waals surface area contributed by atoms with Crippen LogP contribution < -0.4 is 5.32 Å². The Morgan fingerprint density at radius 3 is 3.08 bits per heavy atom. The van der Waals surface area contributed by atoms with E-state index in [2.05, 4.69) is 15.0 Å². The fourth-order valence-electron chi connectivity index (χ4n) is 1.20. The van der Waals surface area contributed by atoms with Crippen LogP contribution in [-0.4, -0.2) is 50.6 Å². The van der Waals surface area contributed by atoms with Crippen molar-refractivity contribution in [2.24, 2.45) is 0 Å². The van der Waals surface area contributed by atoms with Crippen molar-refractivity contribution < 1.29 is 14.3 Å². The zero-order valence-corrected chi connectivity index (χ0v) is 8.08. The summed E-state index contributed by atoms with van der Waals surface area (Å²) in [6, 6.07) is 0. The Morgan fingerprint density at radius 2 is 2.46 bits per heavy atom. The molecule has 1 saturated heterocycles. The van der Waals surface area contributed by atoms with Crippen LogP contribution in [0.4, 0.5) is 4.79 Å². The largest absolute Gasteiger partial charge is 0.509 e. The van der Waals surface area contributed by atoms with E-state index >= 15 is 0 Å². The van der Waals surface area contributed by atoms with Gasteiger partial charge in [0.2, 0.25) is 0 Å². The lowest BCUT2D eigenvalue weighted by Crippen LogP contribution is -2.51. The normalized spacial score (nSPS) is 24.0. The van der Waals surface area contributed by atoms with E-state index in [9.17, 15) is 4.79 Å². The Balaban J connectivity index is 2.23. The summed E-state index contributed by atoms with van der Waals surface area (Å²) < 4.78 is 9.65. The molecular formula is C8H16N2O3. The molecule has 0 amide bonds. The Kier molecular flexibility index (Phi) is 3.98. The molecule has 1 aliphatic heterocycles. The van der Waals surface area contributed by atoms with E-state index in [4.69, 9.17) is 4.74 Å². The number of hydrogen-bond donors (Lipinski definition) is 1. The van der Waals surface area contributed by atoms with Crippen LogP contribution in [0.1, 0.15) is 6.92 Å². The van der Waals surface area contributed by atoms with Crippen LogP contribution in [0, 0.1) is 0 Å². The number of nitrogens with zero attached hydrogens (tertiary/aromatic N) is 1. The molecule has 0 saturated carbocycles. The van der Waals surface area contributed by atoms with Gasteiger partial charge in [-0.15, -0.1) is 0 Å². The minimum absolute atomic E-state index is 0.238. The summed E-state index contributed by atoms with van der Waals surface area (Å²) in [6.45, 7) is 4.62. The summed E-state index contributed by atoms with van der Waals surface area (Å²) in [5.74, 6) is 0. The second-order valence-electron chi connectivity index (χ2n) is 3.01. The minimum Gasteiger partial charge on any atom is -0.435 e. The molecule has 0 aromatic carbocycles. The SMILES string of the molecule is CCOC(=O)OC1CN(C)CCN1. The molecule has 1 atom stereocenters. The minimum atomic E-state index is -0.602. The van der Waals surface area contributed by atoms with Gasteiger partial charge in [0.15, 0.2) is 6.23 Å². The molecule has 0 radical (unpaired) electrons. The average molecular weight is 188 g/mol. The highest BCUT2D eigenvalue weighted by Gasteiger charge is 2.20. The van der Waals surface area contributed by atoms with Crippen LogP contribution in [0.5, 0.6) is 0 Å². The van der Waals surface area contributed by atoms with E-state index in [0.29, 0.717) is 13.2 Å². The van der Waals surface area contributed by atoms with Crippen molar-refractivity contribution in [3.8, 4) is 0 Å². The fraction of sp³-hybridized carbons (Fsp3) is 0.875. The average Bonchev–Trinajstić information content (AvgIpc) is 2.04. The molecule has 1 heterocycles. The van der Waals surface area contributed by atoms with Crippen LogP contribution in [0.2, 0.25) is 0 Å². The molecule has 0 bridgehead atoms. The number of hydrogen-bond acceptors (Lipinski definition) is 5. The maximum absolute atomic E-state index is 10.9. The van der Waals surface area contributed by atoms with E-state index in [1.165, 1.54) is 0 Å². The molecule has 0 spiro atoms. The summed E-state index contributed by atoms with van der Waals surface area (Å²) in [4.78, 5) is 13.0. The number of rotatable bonds is 2. The Bertz CT molecular complexity index is 175. The van der Waals surface area contributed by atoms with Gasteiger partial charge in [0.05, 0.1) is 6.61 Å². The van der Waals surface area contributed by atoms with Gasteiger partial charge in [0.25, 0.3) is 0 Å². The van der Waals surface area contributed by atoms with E-state index in [1.54, 1.807) is 6.92 Å². The molecule has 13 heavy (non-hydrogen) atoms. The Hall–Kier alpha value is -0.810. The van der Waals surface area contributed by atoms with Crippen LogP contribution in [0.15, 0.2) is 0 Å². The number of likely N-dealkylation sites (N-methyl/N-ethyl adjacent to an activating group) is 1. The number of ether oxygens (including phenoxy) is 2. The van der Waals surface area contributed by atoms with Crippen LogP contribution in [0.25, 0.3) is 0 Å². The molecular weight excluding hydrogens is 172 g/mol.